The Kier molecular flexibility index (Phi) is 6.86. The Morgan fingerprint density at radius 2 is 1.41 bits per heavy atom. The van der Waals surface area contributed by atoms with Crippen LogP contribution in [0.25, 0.3) is 0 Å². The van der Waals surface area contributed by atoms with E-state index in [1.807, 2.05) is 41.0 Å². The van der Waals surface area contributed by atoms with Gasteiger partial charge < -0.3 is 0 Å². The molecule has 6 rings (SSSR count). The zero-order chi connectivity index (χ0) is 27.2. The van der Waals surface area contributed by atoms with Crippen molar-refractivity contribution >= 4 is 51.6 Å². The summed E-state index contributed by atoms with van der Waals surface area (Å²) >= 11 is 9.84. The molecule has 3 nitrogen and oxygen atoms in total. The van der Waals surface area contributed by atoms with E-state index in [9.17, 15) is 4.79 Å². The molecule has 0 aliphatic carbocycles. The highest BCUT2D eigenvalue weighted by molar-refractivity contribution is 8.27. The van der Waals surface area contributed by atoms with Gasteiger partial charge in [0.25, 0.3) is 0 Å². The summed E-state index contributed by atoms with van der Waals surface area (Å²) < 4.78 is -1.21. The number of thioether (sulfide) groups is 2. The Morgan fingerprint density at radius 1 is 0.821 bits per heavy atom. The molecular formula is C33H29ClN2OS2. The molecule has 2 aliphatic heterocycles. The van der Waals surface area contributed by atoms with Gasteiger partial charge in [-0.05, 0) is 58.9 Å². The van der Waals surface area contributed by atoms with E-state index in [0.29, 0.717) is 10.1 Å². The molecule has 0 amide bonds. The Labute approximate surface area is 243 Å². The number of benzene rings is 4. The maximum Gasteiger partial charge on any atom is 0.187 e. The predicted molar refractivity (Wildman–Crippen MR) is 167 cm³/mol. The molecule has 6 heteroatoms. The summed E-state index contributed by atoms with van der Waals surface area (Å²) in [5.41, 5.74) is 8.23. The zero-order valence-corrected chi connectivity index (χ0v) is 24.5. The predicted octanol–water partition coefficient (Wildman–Crippen LogP) is 8.77. The molecule has 39 heavy (non-hydrogen) atoms. The van der Waals surface area contributed by atoms with Crippen LogP contribution in [0.2, 0.25) is 5.02 Å². The van der Waals surface area contributed by atoms with Gasteiger partial charge in [0.15, 0.2) is 15.0 Å². The Balaban J connectivity index is 1.63. The number of Topliss-reactive ketones (excluding diaryl/α,β-unsaturated/α-hetero) is 1. The lowest BCUT2D eigenvalue weighted by Crippen LogP contribution is -2.34. The second-order valence-electron chi connectivity index (χ2n) is 9.87. The number of nitrogens with zero attached hydrogens (tertiary/aromatic N) is 2. The van der Waals surface area contributed by atoms with Gasteiger partial charge in [0.1, 0.15) is 0 Å². The number of hydrogen-bond donors (Lipinski definition) is 0. The van der Waals surface area contributed by atoms with Gasteiger partial charge in [-0.1, -0.05) is 128 Å². The van der Waals surface area contributed by atoms with Gasteiger partial charge in [0.2, 0.25) is 0 Å². The van der Waals surface area contributed by atoms with Gasteiger partial charge in [-0.15, -0.1) is 0 Å². The topological polar surface area (TPSA) is 32.7 Å². The third-order valence-corrected chi connectivity index (χ3v) is 11.2. The van der Waals surface area contributed by atoms with E-state index in [0.717, 1.165) is 24.1 Å². The van der Waals surface area contributed by atoms with E-state index < -0.39 is 8.95 Å². The van der Waals surface area contributed by atoms with Crippen molar-refractivity contribution in [3.8, 4) is 0 Å². The average Bonchev–Trinajstić information content (AvgIpc) is 3.50. The fraction of sp³-hybridized carbons (Fsp3) is 0.212. The molecule has 1 spiro atoms. The van der Waals surface area contributed by atoms with Crippen LogP contribution < -0.4 is 5.01 Å². The number of carbonyl (C=O) groups excluding carboxylic acids is 1. The SMILES string of the molecule is CCc1ccc(C2(c3ccc(CC)cc3)S[C@]3(SC(C(C)=O)=NN3c3cccc(Cl)c3)c3ccccc32)cc1. The standard InChI is InChI=1S/C33H29ClN2OS2/c1-4-23-13-17-25(18-14-23)32(26-19-15-24(5-2)16-20-26)29-11-6-7-12-30(29)33(39-32)36(35-31(38-33)22(3)37)28-10-8-9-27(34)21-28/h6-21H,4-5H2,1-3H3/t33-/m1/s1. The Morgan fingerprint density at radius 3 is 1.95 bits per heavy atom. The minimum atomic E-state index is -0.699. The number of carbonyl (C=O) groups is 1. The van der Waals surface area contributed by atoms with Crippen molar-refractivity contribution < 1.29 is 4.79 Å². The van der Waals surface area contributed by atoms with Crippen molar-refractivity contribution in [1.29, 1.82) is 0 Å². The van der Waals surface area contributed by atoms with Gasteiger partial charge in [0, 0.05) is 17.5 Å². The summed E-state index contributed by atoms with van der Waals surface area (Å²) in [6.45, 7) is 5.95. The number of fused-ring (bicyclic) bond motifs is 2. The number of aryl methyl sites for hydroxylation is 2. The van der Waals surface area contributed by atoms with Gasteiger partial charge >= 0.3 is 0 Å². The summed E-state index contributed by atoms with van der Waals surface area (Å²) in [5, 5.41) is 8.06. The molecule has 0 radical (unpaired) electrons. The molecule has 0 N–H and O–H groups in total. The first-order valence-electron chi connectivity index (χ1n) is 13.2. The van der Waals surface area contributed by atoms with Crippen LogP contribution in [-0.4, -0.2) is 10.8 Å². The first-order chi connectivity index (χ1) is 18.9. The first-order valence-corrected chi connectivity index (χ1v) is 15.3. The number of ketones is 1. The quantitative estimate of drug-likeness (QED) is 0.233. The molecule has 0 aromatic heterocycles. The molecular weight excluding hydrogens is 540 g/mol. The highest BCUT2D eigenvalue weighted by Gasteiger charge is 2.61. The highest BCUT2D eigenvalue weighted by atomic mass is 35.5. The van der Waals surface area contributed by atoms with E-state index in [1.165, 1.54) is 39.6 Å². The van der Waals surface area contributed by atoms with Crippen molar-refractivity contribution in [1.82, 2.24) is 0 Å². The van der Waals surface area contributed by atoms with Crippen LogP contribution in [0.4, 0.5) is 5.69 Å². The van der Waals surface area contributed by atoms with Gasteiger partial charge in [0.05, 0.1) is 10.4 Å². The van der Waals surface area contributed by atoms with Gasteiger partial charge in [-0.25, -0.2) is 5.01 Å². The molecule has 2 aliphatic rings. The lowest BCUT2D eigenvalue weighted by molar-refractivity contribution is -0.110. The number of rotatable bonds is 6. The van der Waals surface area contributed by atoms with Crippen LogP contribution in [0.15, 0.2) is 102 Å². The van der Waals surface area contributed by atoms with E-state index in [-0.39, 0.29) is 5.78 Å². The maximum absolute atomic E-state index is 12.8. The summed E-state index contributed by atoms with van der Waals surface area (Å²) in [4.78, 5) is 12.8. The third-order valence-electron chi connectivity index (χ3n) is 7.53. The first kappa shape index (κ1) is 26.2. The number of anilines is 1. The van der Waals surface area contributed by atoms with E-state index in [4.69, 9.17) is 16.7 Å². The molecule has 2 heterocycles. The van der Waals surface area contributed by atoms with Crippen molar-refractivity contribution in [2.24, 2.45) is 5.10 Å². The molecule has 0 bridgehead atoms. The van der Waals surface area contributed by atoms with Crippen LogP contribution in [0.5, 0.6) is 0 Å². The third kappa shape index (κ3) is 4.23. The van der Waals surface area contributed by atoms with Gasteiger partial charge in [-0.3, -0.25) is 4.79 Å². The fourth-order valence-corrected chi connectivity index (χ4v) is 9.23. The average molecular weight is 569 g/mol. The maximum atomic E-state index is 12.8. The molecule has 4 aromatic carbocycles. The molecule has 0 saturated heterocycles. The van der Waals surface area contributed by atoms with Crippen molar-refractivity contribution in [2.45, 2.75) is 42.6 Å². The largest absolute Gasteiger partial charge is 0.292 e. The molecule has 4 aromatic rings. The van der Waals surface area contributed by atoms with Crippen LogP contribution in [0.1, 0.15) is 54.2 Å². The second-order valence-corrected chi connectivity index (χ2v) is 13.2. The fourth-order valence-electron chi connectivity index (χ4n) is 5.49. The minimum absolute atomic E-state index is 0.0425. The molecule has 0 unspecified atom stereocenters. The lowest BCUT2D eigenvalue weighted by Gasteiger charge is -2.37. The Hall–Kier alpha value is -2.99. The number of hydrazone groups is 1. The summed E-state index contributed by atoms with van der Waals surface area (Å²) in [6.07, 6.45) is 1.97. The molecule has 196 valence electrons. The Bertz CT molecular complexity index is 1530. The van der Waals surface area contributed by atoms with E-state index in [1.54, 1.807) is 6.92 Å². The van der Waals surface area contributed by atoms with Gasteiger partial charge in [-0.2, -0.15) is 5.10 Å². The van der Waals surface area contributed by atoms with Crippen LogP contribution >= 0.6 is 35.1 Å². The number of halogens is 1. The highest BCUT2D eigenvalue weighted by Crippen LogP contribution is 2.70. The van der Waals surface area contributed by atoms with E-state index >= 15 is 0 Å². The second kappa shape index (κ2) is 10.2. The lowest BCUT2D eigenvalue weighted by atomic mass is 9.81. The smallest absolute Gasteiger partial charge is 0.187 e. The normalized spacial score (nSPS) is 19.3. The van der Waals surface area contributed by atoms with Crippen molar-refractivity contribution in [3.05, 3.63) is 135 Å². The van der Waals surface area contributed by atoms with Crippen LogP contribution in [-0.2, 0) is 26.6 Å². The molecule has 0 fully saturated rings. The monoisotopic (exact) mass is 568 g/mol. The van der Waals surface area contributed by atoms with Crippen LogP contribution in [0.3, 0.4) is 0 Å². The number of hydrogen-bond acceptors (Lipinski definition) is 5. The zero-order valence-electron chi connectivity index (χ0n) is 22.1. The van der Waals surface area contributed by atoms with Crippen molar-refractivity contribution in [3.63, 3.8) is 0 Å². The van der Waals surface area contributed by atoms with E-state index in [2.05, 4.69) is 86.6 Å². The summed E-state index contributed by atoms with van der Waals surface area (Å²) in [7, 11) is 0. The van der Waals surface area contributed by atoms with Crippen molar-refractivity contribution in [2.75, 3.05) is 5.01 Å². The minimum Gasteiger partial charge on any atom is -0.292 e. The summed E-state index contributed by atoms with van der Waals surface area (Å²) in [6, 6.07) is 34.4. The van der Waals surface area contributed by atoms with Crippen LogP contribution in [0, 0.1) is 0 Å². The molecule has 0 saturated carbocycles. The molecule has 1 atom stereocenters. The summed E-state index contributed by atoms with van der Waals surface area (Å²) in [5.74, 6) is -0.0425.